The summed E-state index contributed by atoms with van der Waals surface area (Å²) in [5.74, 6) is -1.79. The molecule has 0 atom stereocenters. The van der Waals surface area contributed by atoms with Crippen molar-refractivity contribution >= 4 is 52.3 Å². The van der Waals surface area contributed by atoms with Crippen molar-refractivity contribution in [2.45, 2.75) is 6.92 Å². The molecule has 3 rings (SSSR count). The van der Waals surface area contributed by atoms with Gasteiger partial charge in [-0.3, -0.25) is 4.79 Å². The van der Waals surface area contributed by atoms with E-state index in [1.807, 2.05) is 0 Å². The van der Waals surface area contributed by atoms with Gasteiger partial charge in [-0.05, 0) is 42.8 Å². The zero-order chi connectivity index (χ0) is 26.2. The number of thioether (sulfide) groups is 1. The van der Waals surface area contributed by atoms with Gasteiger partial charge in [-0.25, -0.2) is 14.6 Å². The maximum absolute atomic E-state index is 12.7. The average molecular weight is 532 g/mol. The lowest BCUT2D eigenvalue weighted by molar-refractivity contribution is -0.143. The van der Waals surface area contributed by atoms with E-state index in [1.54, 1.807) is 49.4 Å². The molecule has 1 aliphatic rings. The number of ether oxygens (including phenoxy) is 4. The summed E-state index contributed by atoms with van der Waals surface area (Å²) in [6, 6.07) is 11.2. The van der Waals surface area contributed by atoms with Crippen LogP contribution in [0, 0.1) is 0 Å². The van der Waals surface area contributed by atoms with Crippen LogP contribution < -0.4 is 9.47 Å². The number of aliphatic hydroxyl groups is 1. The van der Waals surface area contributed by atoms with Crippen LogP contribution in [-0.2, 0) is 19.1 Å². The molecule has 36 heavy (non-hydrogen) atoms. The van der Waals surface area contributed by atoms with Crippen LogP contribution in [0.3, 0.4) is 0 Å². The van der Waals surface area contributed by atoms with E-state index in [1.165, 1.54) is 20.3 Å². The van der Waals surface area contributed by atoms with Gasteiger partial charge in [0.05, 0.1) is 36.3 Å². The minimum Gasteiger partial charge on any atom is -0.506 e. The Morgan fingerprint density at radius 1 is 1.11 bits per heavy atom. The molecule has 0 spiro atoms. The Kier molecular flexibility index (Phi) is 9.15. The standard InChI is InChI=1S/C25H22ClNO8S/c1-4-34-25(31)21-22(29)19(36-24(21)27-23(30)15-7-5-6-8-16(15)26)12-14-9-10-17(18(11-14)32-2)35-13-20(28)33-3/h5-12,29H,4,13H2,1-3H3/b19-12-,27-24?. The van der Waals surface area contributed by atoms with Crippen molar-refractivity contribution < 1.29 is 38.4 Å². The van der Waals surface area contributed by atoms with E-state index in [4.69, 9.17) is 25.8 Å². The fourth-order valence-electron chi connectivity index (χ4n) is 3.02. The first-order valence-electron chi connectivity index (χ1n) is 10.5. The monoisotopic (exact) mass is 531 g/mol. The number of carbonyl (C=O) groups excluding carboxylic acids is 3. The third-order valence-electron chi connectivity index (χ3n) is 4.74. The first kappa shape index (κ1) is 26.8. The van der Waals surface area contributed by atoms with Crippen molar-refractivity contribution in [3.05, 3.63) is 74.9 Å². The molecule has 1 N–H and O–H groups in total. The van der Waals surface area contributed by atoms with Gasteiger partial charge in [0.25, 0.3) is 5.91 Å². The molecule has 0 radical (unpaired) electrons. The van der Waals surface area contributed by atoms with Crippen LogP contribution in [0.5, 0.6) is 11.5 Å². The number of esters is 2. The lowest BCUT2D eigenvalue weighted by atomic mass is 10.1. The highest BCUT2D eigenvalue weighted by atomic mass is 35.5. The Balaban J connectivity index is 1.96. The van der Waals surface area contributed by atoms with Crippen molar-refractivity contribution in [2.75, 3.05) is 27.4 Å². The van der Waals surface area contributed by atoms with Gasteiger partial charge in [-0.1, -0.05) is 41.6 Å². The Morgan fingerprint density at radius 3 is 2.53 bits per heavy atom. The van der Waals surface area contributed by atoms with Gasteiger partial charge >= 0.3 is 11.9 Å². The summed E-state index contributed by atoms with van der Waals surface area (Å²) >= 11 is 7.03. The average Bonchev–Trinajstić information content (AvgIpc) is 3.17. The Morgan fingerprint density at radius 2 is 1.86 bits per heavy atom. The third kappa shape index (κ3) is 6.27. The number of hydrogen-bond donors (Lipinski definition) is 1. The maximum atomic E-state index is 12.7. The van der Waals surface area contributed by atoms with Crippen molar-refractivity contribution in [1.82, 2.24) is 0 Å². The predicted octanol–water partition coefficient (Wildman–Crippen LogP) is 4.60. The fraction of sp³-hybridized carbons (Fsp3) is 0.200. The first-order chi connectivity index (χ1) is 17.3. The molecule has 0 unspecified atom stereocenters. The summed E-state index contributed by atoms with van der Waals surface area (Å²) in [6.45, 7) is 1.39. The molecule has 2 aromatic carbocycles. The molecule has 2 aromatic rings. The molecule has 1 aliphatic heterocycles. The summed E-state index contributed by atoms with van der Waals surface area (Å²) in [6.07, 6.45) is 1.58. The number of aliphatic imine (C=N–C) groups is 1. The molecule has 0 saturated heterocycles. The molecule has 9 nitrogen and oxygen atoms in total. The third-order valence-corrected chi connectivity index (χ3v) is 6.09. The zero-order valence-electron chi connectivity index (χ0n) is 19.6. The van der Waals surface area contributed by atoms with Crippen molar-refractivity contribution in [1.29, 1.82) is 0 Å². The molecule has 0 saturated carbocycles. The van der Waals surface area contributed by atoms with Crippen molar-refractivity contribution in [3.63, 3.8) is 0 Å². The highest BCUT2D eigenvalue weighted by Gasteiger charge is 2.34. The van der Waals surface area contributed by atoms with Crippen LogP contribution in [0.15, 0.2) is 63.7 Å². The predicted molar refractivity (Wildman–Crippen MR) is 136 cm³/mol. The van der Waals surface area contributed by atoms with Crippen LogP contribution in [0.1, 0.15) is 22.8 Å². The molecule has 188 valence electrons. The second-order valence-corrected chi connectivity index (χ2v) is 8.47. The van der Waals surface area contributed by atoms with Gasteiger partial charge in [0, 0.05) is 0 Å². The lowest BCUT2D eigenvalue weighted by Gasteiger charge is -2.10. The Bertz CT molecular complexity index is 1280. The molecule has 11 heteroatoms. The summed E-state index contributed by atoms with van der Waals surface area (Å²) in [7, 11) is 2.69. The fourth-order valence-corrected chi connectivity index (χ4v) is 4.25. The van der Waals surface area contributed by atoms with Gasteiger partial charge in [0.15, 0.2) is 18.1 Å². The summed E-state index contributed by atoms with van der Waals surface area (Å²) in [4.78, 5) is 41.0. The molecule has 0 fully saturated rings. The molecular weight excluding hydrogens is 510 g/mol. The quantitative estimate of drug-likeness (QED) is 0.487. The van der Waals surface area contributed by atoms with Gasteiger partial charge in [-0.15, -0.1) is 0 Å². The van der Waals surface area contributed by atoms with Gasteiger partial charge in [0.2, 0.25) is 0 Å². The minimum atomic E-state index is -0.819. The van der Waals surface area contributed by atoms with Gasteiger partial charge < -0.3 is 24.1 Å². The van der Waals surface area contributed by atoms with Gasteiger partial charge in [0.1, 0.15) is 16.4 Å². The van der Waals surface area contributed by atoms with E-state index in [9.17, 15) is 19.5 Å². The van der Waals surface area contributed by atoms with Gasteiger partial charge in [-0.2, -0.15) is 0 Å². The smallest absolute Gasteiger partial charge is 0.344 e. The van der Waals surface area contributed by atoms with E-state index in [0.29, 0.717) is 17.1 Å². The van der Waals surface area contributed by atoms with E-state index >= 15 is 0 Å². The largest absolute Gasteiger partial charge is 0.506 e. The molecule has 1 amide bonds. The number of rotatable bonds is 8. The lowest BCUT2D eigenvalue weighted by Crippen LogP contribution is -2.14. The number of methoxy groups -OCH3 is 2. The summed E-state index contributed by atoms with van der Waals surface area (Å²) in [5, 5.41) is 11.0. The topological polar surface area (TPSA) is 121 Å². The maximum Gasteiger partial charge on any atom is 0.344 e. The summed E-state index contributed by atoms with van der Waals surface area (Å²) < 4.78 is 20.3. The van der Waals surface area contributed by atoms with Crippen LogP contribution in [0.2, 0.25) is 5.02 Å². The van der Waals surface area contributed by atoms with Crippen LogP contribution in [0.4, 0.5) is 0 Å². The van der Waals surface area contributed by atoms with Crippen molar-refractivity contribution in [2.24, 2.45) is 4.99 Å². The molecule has 0 aliphatic carbocycles. The zero-order valence-corrected chi connectivity index (χ0v) is 21.1. The van der Waals surface area contributed by atoms with Crippen LogP contribution in [0.25, 0.3) is 6.08 Å². The number of amides is 1. The minimum absolute atomic E-state index is 0.0212. The number of halogens is 1. The Hall–Kier alpha value is -3.76. The SMILES string of the molecule is CCOC(=O)C1=C(O)/C(=C/c2ccc(OCC(=O)OC)c(OC)c2)SC1=NC(=O)c1ccccc1Cl. The highest BCUT2D eigenvalue weighted by Crippen LogP contribution is 2.40. The second kappa shape index (κ2) is 12.3. The van der Waals surface area contributed by atoms with E-state index in [2.05, 4.69) is 9.73 Å². The number of hydrogen-bond acceptors (Lipinski definition) is 9. The van der Waals surface area contributed by atoms with E-state index < -0.39 is 17.8 Å². The van der Waals surface area contributed by atoms with Crippen LogP contribution >= 0.6 is 23.4 Å². The normalized spacial score (nSPS) is 15.2. The van der Waals surface area contributed by atoms with Crippen LogP contribution in [-0.4, -0.2) is 55.4 Å². The number of benzene rings is 2. The van der Waals surface area contributed by atoms with E-state index in [0.717, 1.165) is 11.8 Å². The Labute approximate surface area is 216 Å². The molecule has 0 aromatic heterocycles. The molecule has 1 heterocycles. The number of nitrogens with zero attached hydrogens (tertiary/aromatic N) is 1. The second-order valence-electron chi connectivity index (χ2n) is 7.03. The molecular formula is C25H22ClNO8S. The van der Waals surface area contributed by atoms with Crippen molar-refractivity contribution in [3.8, 4) is 11.5 Å². The number of carbonyl (C=O) groups is 3. The highest BCUT2D eigenvalue weighted by molar-refractivity contribution is 8.18. The summed E-state index contributed by atoms with van der Waals surface area (Å²) in [5.41, 5.74) is 0.506. The number of aliphatic hydroxyl groups excluding tert-OH is 1. The first-order valence-corrected chi connectivity index (χ1v) is 11.7. The molecule has 0 bridgehead atoms. The van der Waals surface area contributed by atoms with E-state index in [-0.39, 0.29) is 45.1 Å².